The van der Waals surface area contributed by atoms with E-state index in [1.165, 1.54) is 24.3 Å². The molecule has 0 bridgehead atoms. The summed E-state index contributed by atoms with van der Waals surface area (Å²) in [5, 5.41) is 7.30. The molecular weight excluding hydrogens is 304 g/mol. The van der Waals surface area contributed by atoms with Crippen LogP contribution in [0.15, 0.2) is 29.6 Å². The molecule has 0 atom stereocenters. The third-order valence-corrected chi connectivity index (χ3v) is 3.45. The topological polar surface area (TPSA) is 114 Å². The Labute approximate surface area is 130 Å². The van der Waals surface area contributed by atoms with Gasteiger partial charge in [0.25, 0.3) is 5.91 Å². The molecule has 0 saturated carbocycles. The maximum absolute atomic E-state index is 12.0. The van der Waals surface area contributed by atoms with Gasteiger partial charge in [0.2, 0.25) is 11.8 Å². The highest BCUT2D eigenvalue weighted by Crippen LogP contribution is 2.17. The number of primary amides is 1. The molecule has 22 heavy (non-hydrogen) atoms. The number of anilines is 2. The van der Waals surface area contributed by atoms with Gasteiger partial charge in [-0.3, -0.25) is 14.4 Å². The second-order valence-corrected chi connectivity index (χ2v) is 5.32. The lowest BCUT2D eigenvalue weighted by molar-refractivity contribution is -0.116. The molecule has 0 saturated heterocycles. The lowest BCUT2D eigenvalue weighted by Gasteiger charge is -2.07. The number of nitrogens with zero attached hydrogens (tertiary/aromatic N) is 1. The van der Waals surface area contributed by atoms with Gasteiger partial charge in [-0.2, -0.15) is 0 Å². The zero-order valence-corrected chi connectivity index (χ0v) is 12.6. The zero-order valence-electron chi connectivity index (χ0n) is 11.8. The van der Waals surface area contributed by atoms with Crippen LogP contribution in [0.5, 0.6) is 0 Å². The highest BCUT2D eigenvalue weighted by atomic mass is 32.1. The number of rotatable bonds is 5. The van der Waals surface area contributed by atoms with Crippen LogP contribution in [0, 0.1) is 0 Å². The maximum atomic E-state index is 12.0. The Balaban J connectivity index is 2.03. The number of carbonyl (C=O) groups excluding carboxylic acids is 3. The van der Waals surface area contributed by atoms with Crippen molar-refractivity contribution >= 4 is 39.9 Å². The summed E-state index contributed by atoms with van der Waals surface area (Å²) in [5.41, 5.74) is 6.38. The minimum Gasteiger partial charge on any atom is -0.366 e. The molecule has 1 aromatic heterocycles. The van der Waals surface area contributed by atoms with E-state index in [1.807, 2.05) is 0 Å². The van der Waals surface area contributed by atoms with Crippen LogP contribution in [0.25, 0.3) is 0 Å². The number of carbonyl (C=O) groups is 3. The number of aromatic nitrogens is 1. The number of nitrogens with two attached hydrogens (primary N) is 1. The van der Waals surface area contributed by atoms with E-state index in [0.29, 0.717) is 16.5 Å². The first-order chi connectivity index (χ1) is 10.5. The van der Waals surface area contributed by atoms with E-state index in [0.717, 1.165) is 0 Å². The Morgan fingerprint density at radius 3 is 2.64 bits per heavy atom. The fraction of sp³-hybridized carbons (Fsp3) is 0.143. The fourth-order valence-electron chi connectivity index (χ4n) is 1.76. The summed E-state index contributed by atoms with van der Waals surface area (Å²) in [5.74, 6) is -1.16. The molecule has 2 rings (SSSR count). The molecule has 2 aromatic rings. The van der Waals surface area contributed by atoms with Crippen LogP contribution in [0.4, 0.5) is 10.8 Å². The first kappa shape index (κ1) is 15.6. The highest BCUT2D eigenvalue weighted by Gasteiger charge is 2.12. The zero-order chi connectivity index (χ0) is 16.1. The average molecular weight is 318 g/mol. The normalized spacial score (nSPS) is 10.0. The number of benzene rings is 1. The summed E-state index contributed by atoms with van der Waals surface area (Å²) in [7, 11) is 0. The van der Waals surface area contributed by atoms with Gasteiger partial charge in [0.05, 0.1) is 23.4 Å². The monoisotopic (exact) mass is 318 g/mol. The van der Waals surface area contributed by atoms with Crippen molar-refractivity contribution < 1.29 is 14.4 Å². The van der Waals surface area contributed by atoms with Gasteiger partial charge < -0.3 is 16.4 Å². The van der Waals surface area contributed by atoms with Crippen LogP contribution < -0.4 is 16.4 Å². The van der Waals surface area contributed by atoms with Crippen LogP contribution in [0.1, 0.15) is 23.0 Å². The molecule has 0 aliphatic heterocycles. The van der Waals surface area contributed by atoms with E-state index in [4.69, 9.17) is 5.73 Å². The standard InChI is InChI=1S/C14H14N4O3S/c1-8(19)16-14-17-9(7-22-14)6-12(20)18-11-5-3-2-4-10(11)13(15)21/h2-5,7H,6H2,1H3,(H2,15,21)(H,18,20)(H,16,17,19). The lowest BCUT2D eigenvalue weighted by atomic mass is 10.1. The van der Waals surface area contributed by atoms with Crippen molar-refractivity contribution in [1.29, 1.82) is 0 Å². The first-order valence-electron chi connectivity index (χ1n) is 6.36. The molecule has 1 aromatic carbocycles. The molecule has 0 aliphatic rings. The second-order valence-electron chi connectivity index (χ2n) is 4.46. The van der Waals surface area contributed by atoms with Gasteiger partial charge in [-0.1, -0.05) is 12.1 Å². The third-order valence-electron chi connectivity index (χ3n) is 2.64. The molecule has 1 heterocycles. The van der Waals surface area contributed by atoms with Gasteiger partial charge in [0.15, 0.2) is 5.13 Å². The molecule has 4 N–H and O–H groups in total. The quantitative estimate of drug-likeness (QED) is 0.772. The Morgan fingerprint density at radius 1 is 1.23 bits per heavy atom. The minimum absolute atomic E-state index is 0.0309. The van der Waals surface area contributed by atoms with Gasteiger partial charge >= 0.3 is 0 Å². The van der Waals surface area contributed by atoms with Crippen LogP contribution in [0.2, 0.25) is 0 Å². The largest absolute Gasteiger partial charge is 0.366 e. The molecule has 114 valence electrons. The van der Waals surface area contributed by atoms with E-state index in [2.05, 4.69) is 15.6 Å². The molecule has 0 aliphatic carbocycles. The van der Waals surface area contributed by atoms with Crippen molar-refractivity contribution in [3.05, 3.63) is 40.9 Å². The van der Waals surface area contributed by atoms with Crippen molar-refractivity contribution in [2.45, 2.75) is 13.3 Å². The molecule has 0 radical (unpaired) electrons. The maximum Gasteiger partial charge on any atom is 0.250 e. The Morgan fingerprint density at radius 2 is 1.95 bits per heavy atom. The van der Waals surface area contributed by atoms with E-state index in [9.17, 15) is 14.4 Å². The van der Waals surface area contributed by atoms with Crippen LogP contribution in [0.3, 0.4) is 0 Å². The molecule has 0 unspecified atom stereocenters. The Hall–Kier alpha value is -2.74. The SMILES string of the molecule is CC(=O)Nc1nc(CC(=O)Nc2ccccc2C(N)=O)cs1. The molecular formula is C14H14N4O3S. The molecule has 7 nitrogen and oxygen atoms in total. The van der Waals surface area contributed by atoms with Gasteiger partial charge in [-0.25, -0.2) is 4.98 Å². The fourth-order valence-corrected chi connectivity index (χ4v) is 2.52. The first-order valence-corrected chi connectivity index (χ1v) is 7.24. The summed E-state index contributed by atoms with van der Waals surface area (Å²) in [4.78, 5) is 38.3. The minimum atomic E-state index is -0.613. The average Bonchev–Trinajstić information content (AvgIpc) is 2.85. The number of para-hydroxylation sites is 1. The van der Waals surface area contributed by atoms with Crippen molar-refractivity contribution in [3.8, 4) is 0 Å². The van der Waals surface area contributed by atoms with Crippen molar-refractivity contribution in [3.63, 3.8) is 0 Å². The van der Waals surface area contributed by atoms with Gasteiger partial charge in [0.1, 0.15) is 0 Å². The van der Waals surface area contributed by atoms with E-state index >= 15 is 0 Å². The molecule has 3 amide bonds. The van der Waals surface area contributed by atoms with Crippen LogP contribution in [-0.4, -0.2) is 22.7 Å². The number of hydrogen-bond donors (Lipinski definition) is 3. The van der Waals surface area contributed by atoms with E-state index < -0.39 is 5.91 Å². The van der Waals surface area contributed by atoms with Gasteiger partial charge in [-0.15, -0.1) is 11.3 Å². The highest BCUT2D eigenvalue weighted by molar-refractivity contribution is 7.13. The summed E-state index contributed by atoms with van der Waals surface area (Å²) >= 11 is 1.24. The Bertz CT molecular complexity index is 726. The van der Waals surface area contributed by atoms with Crippen LogP contribution >= 0.6 is 11.3 Å². The smallest absolute Gasteiger partial charge is 0.250 e. The Kier molecular flexibility index (Phi) is 4.84. The summed E-state index contributed by atoms with van der Waals surface area (Å²) in [6.07, 6.45) is 0.0309. The lowest BCUT2D eigenvalue weighted by Crippen LogP contribution is -2.19. The van der Waals surface area contributed by atoms with E-state index in [-0.39, 0.29) is 23.8 Å². The number of nitrogens with one attached hydrogen (secondary N) is 2. The molecule has 8 heteroatoms. The number of amides is 3. The number of thiazole rings is 1. The molecule has 0 fully saturated rings. The summed E-state index contributed by atoms with van der Waals surface area (Å²) < 4.78 is 0. The second kappa shape index (κ2) is 6.81. The van der Waals surface area contributed by atoms with Crippen LogP contribution in [-0.2, 0) is 16.0 Å². The summed E-state index contributed by atoms with van der Waals surface area (Å²) in [6.45, 7) is 1.38. The van der Waals surface area contributed by atoms with E-state index in [1.54, 1.807) is 23.6 Å². The van der Waals surface area contributed by atoms with Crippen molar-refractivity contribution in [2.75, 3.05) is 10.6 Å². The van der Waals surface area contributed by atoms with Crippen molar-refractivity contribution in [1.82, 2.24) is 4.98 Å². The number of hydrogen-bond acceptors (Lipinski definition) is 5. The molecule has 0 spiro atoms. The predicted molar refractivity (Wildman–Crippen MR) is 83.7 cm³/mol. The predicted octanol–water partition coefficient (Wildman–Crippen LogP) is 1.38. The van der Waals surface area contributed by atoms with Crippen molar-refractivity contribution in [2.24, 2.45) is 5.73 Å². The van der Waals surface area contributed by atoms with Gasteiger partial charge in [0, 0.05) is 12.3 Å². The summed E-state index contributed by atoms with van der Waals surface area (Å²) in [6, 6.07) is 6.49. The van der Waals surface area contributed by atoms with Gasteiger partial charge in [-0.05, 0) is 12.1 Å². The third kappa shape index (κ3) is 4.13.